The minimum absolute atomic E-state index is 0.325. The zero-order valence-electron chi connectivity index (χ0n) is 9.94. The number of carbonyl (C=O) groups excluding carboxylic acids is 1. The summed E-state index contributed by atoms with van der Waals surface area (Å²) in [5.74, 6) is -0.713. The number of anilines is 1. The van der Waals surface area contributed by atoms with Crippen molar-refractivity contribution in [2.45, 2.75) is 0 Å². The quantitative estimate of drug-likeness (QED) is 0.844. The molecule has 0 heterocycles. The van der Waals surface area contributed by atoms with Gasteiger partial charge in [0.15, 0.2) is 0 Å². The molecule has 2 aromatic carbocycles. The molecule has 0 bridgehead atoms. The molecule has 0 aliphatic carbocycles. The van der Waals surface area contributed by atoms with Crippen molar-refractivity contribution < 1.29 is 9.18 Å². The number of halogens is 2. The summed E-state index contributed by atoms with van der Waals surface area (Å²) in [5, 5.41) is 2.61. The fraction of sp³-hybridized carbons (Fsp3) is 0. The second-order valence-electron chi connectivity index (χ2n) is 3.87. The van der Waals surface area contributed by atoms with Crippen LogP contribution < -0.4 is 5.32 Å². The van der Waals surface area contributed by atoms with E-state index in [-0.39, 0.29) is 11.7 Å². The Labute approximate surface area is 119 Å². The van der Waals surface area contributed by atoms with Gasteiger partial charge in [0, 0.05) is 5.69 Å². The van der Waals surface area contributed by atoms with E-state index in [4.69, 9.17) is 0 Å². The fourth-order valence-electron chi connectivity index (χ4n) is 1.52. The van der Waals surface area contributed by atoms with Gasteiger partial charge in [-0.15, -0.1) is 0 Å². The monoisotopic (exact) mass is 319 g/mol. The van der Waals surface area contributed by atoms with Gasteiger partial charge >= 0.3 is 0 Å². The molecular weight excluding hydrogens is 309 g/mol. The highest BCUT2D eigenvalue weighted by molar-refractivity contribution is 9.12. The Balaban J connectivity index is 2.10. The lowest BCUT2D eigenvalue weighted by molar-refractivity contribution is -0.112. The van der Waals surface area contributed by atoms with Gasteiger partial charge in [0.05, 0.1) is 4.48 Å². The number of rotatable bonds is 3. The Bertz CT molecular complexity index is 611. The van der Waals surface area contributed by atoms with E-state index in [1.54, 1.807) is 18.2 Å². The first kappa shape index (κ1) is 13.5. The molecule has 1 amide bonds. The van der Waals surface area contributed by atoms with Gasteiger partial charge in [-0.25, -0.2) is 4.39 Å². The molecule has 4 heteroatoms. The van der Waals surface area contributed by atoms with E-state index in [1.807, 2.05) is 30.3 Å². The standard InChI is InChI=1S/C15H11BrFNO/c16-14(9-11-5-2-1-3-6-11)15(19)18-13-8-4-7-12(17)10-13/h1-10H,(H,18,19)/b14-9-. The second-order valence-corrected chi connectivity index (χ2v) is 4.72. The average Bonchev–Trinajstić information content (AvgIpc) is 2.40. The maximum Gasteiger partial charge on any atom is 0.262 e. The van der Waals surface area contributed by atoms with E-state index in [2.05, 4.69) is 21.2 Å². The maximum absolute atomic E-state index is 13.0. The van der Waals surface area contributed by atoms with Crippen LogP contribution in [0.25, 0.3) is 6.08 Å². The first-order chi connectivity index (χ1) is 9.15. The van der Waals surface area contributed by atoms with Crippen LogP contribution in [0.1, 0.15) is 5.56 Å². The molecule has 0 spiro atoms. The first-order valence-electron chi connectivity index (χ1n) is 5.64. The molecule has 2 aromatic rings. The average molecular weight is 320 g/mol. The molecule has 0 radical (unpaired) electrons. The van der Waals surface area contributed by atoms with E-state index in [9.17, 15) is 9.18 Å². The van der Waals surface area contributed by atoms with Gasteiger partial charge in [0.1, 0.15) is 5.82 Å². The van der Waals surface area contributed by atoms with Crippen molar-refractivity contribution in [2.75, 3.05) is 5.32 Å². The number of benzene rings is 2. The predicted molar refractivity (Wildman–Crippen MR) is 78.4 cm³/mol. The van der Waals surface area contributed by atoms with Gasteiger partial charge in [-0.3, -0.25) is 4.79 Å². The first-order valence-corrected chi connectivity index (χ1v) is 6.43. The molecule has 1 N–H and O–H groups in total. The summed E-state index contributed by atoms with van der Waals surface area (Å²) in [6, 6.07) is 15.2. The molecule has 96 valence electrons. The Morgan fingerprint density at radius 1 is 1.11 bits per heavy atom. The topological polar surface area (TPSA) is 29.1 Å². The van der Waals surface area contributed by atoms with Crippen LogP contribution in [0.15, 0.2) is 59.1 Å². The van der Waals surface area contributed by atoms with Crippen LogP contribution in [0.3, 0.4) is 0 Å². The van der Waals surface area contributed by atoms with Crippen molar-refractivity contribution in [1.29, 1.82) is 0 Å². The maximum atomic E-state index is 13.0. The molecule has 0 aliphatic heterocycles. The number of carbonyl (C=O) groups is 1. The Kier molecular flexibility index (Phi) is 4.47. The van der Waals surface area contributed by atoms with Crippen LogP contribution in [0.2, 0.25) is 0 Å². The zero-order valence-corrected chi connectivity index (χ0v) is 11.5. The molecule has 0 fully saturated rings. The van der Waals surface area contributed by atoms with Crippen LogP contribution in [0, 0.1) is 5.82 Å². The van der Waals surface area contributed by atoms with Crippen LogP contribution in [-0.2, 0) is 4.79 Å². The van der Waals surface area contributed by atoms with Crippen molar-refractivity contribution in [3.8, 4) is 0 Å². The highest BCUT2D eigenvalue weighted by atomic mass is 79.9. The van der Waals surface area contributed by atoms with Crippen LogP contribution in [0.5, 0.6) is 0 Å². The summed E-state index contributed by atoms with van der Waals surface area (Å²) in [6.07, 6.45) is 1.70. The summed E-state index contributed by atoms with van der Waals surface area (Å²) >= 11 is 3.21. The molecule has 19 heavy (non-hydrogen) atoms. The van der Waals surface area contributed by atoms with Crippen LogP contribution >= 0.6 is 15.9 Å². The Hall–Kier alpha value is -1.94. The third kappa shape index (κ3) is 4.03. The third-order valence-corrected chi connectivity index (χ3v) is 2.98. The van der Waals surface area contributed by atoms with Crippen molar-refractivity contribution in [3.63, 3.8) is 0 Å². The van der Waals surface area contributed by atoms with Crippen LogP contribution in [-0.4, -0.2) is 5.91 Å². The SMILES string of the molecule is O=C(Nc1cccc(F)c1)/C(Br)=C/c1ccccc1. The summed E-state index contributed by atoms with van der Waals surface area (Å²) in [5.41, 5.74) is 1.33. The predicted octanol–water partition coefficient (Wildman–Crippen LogP) is 4.20. The summed E-state index contributed by atoms with van der Waals surface area (Å²) < 4.78 is 13.4. The molecular formula is C15H11BrFNO. The zero-order chi connectivity index (χ0) is 13.7. The number of hydrogen-bond acceptors (Lipinski definition) is 1. The summed E-state index contributed by atoms with van der Waals surface area (Å²) in [7, 11) is 0. The van der Waals surface area contributed by atoms with Crippen molar-refractivity contribution in [1.82, 2.24) is 0 Å². The van der Waals surface area contributed by atoms with Gasteiger partial charge in [0.2, 0.25) is 0 Å². The van der Waals surface area contributed by atoms with Crippen molar-refractivity contribution in [2.24, 2.45) is 0 Å². The lowest BCUT2D eigenvalue weighted by Gasteiger charge is -2.04. The largest absolute Gasteiger partial charge is 0.321 e. The van der Waals surface area contributed by atoms with Crippen molar-refractivity contribution in [3.05, 3.63) is 70.5 Å². The molecule has 0 aromatic heterocycles. The lowest BCUT2D eigenvalue weighted by Crippen LogP contribution is -2.11. The number of nitrogens with one attached hydrogen (secondary N) is 1. The lowest BCUT2D eigenvalue weighted by atomic mass is 10.2. The Morgan fingerprint density at radius 3 is 2.53 bits per heavy atom. The minimum Gasteiger partial charge on any atom is -0.321 e. The smallest absolute Gasteiger partial charge is 0.262 e. The molecule has 0 unspecified atom stereocenters. The Morgan fingerprint density at radius 2 is 1.84 bits per heavy atom. The second kappa shape index (κ2) is 6.29. The van der Waals surface area contributed by atoms with Gasteiger partial charge in [0.25, 0.3) is 5.91 Å². The van der Waals surface area contributed by atoms with Crippen molar-refractivity contribution >= 4 is 33.6 Å². The van der Waals surface area contributed by atoms with Gasteiger partial charge < -0.3 is 5.32 Å². The molecule has 0 aliphatic rings. The van der Waals surface area contributed by atoms with Gasteiger partial charge in [-0.05, 0) is 45.8 Å². The third-order valence-electron chi connectivity index (χ3n) is 2.39. The summed E-state index contributed by atoms with van der Waals surface area (Å²) in [6.45, 7) is 0. The van der Waals surface area contributed by atoms with Gasteiger partial charge in [-0.1, -0.05) is 36.4 Å². The van der Waals surface area contributed by atoms with E-state index in [0.29, 0.717) is 10.2 Å². The molecule has 0 saturated heterocycles. The molecule has 0 saturated carbocycles. The minimum atomic E-state index is -0.388. The van der Waals surface area contributed by atoms with E-state index in [0.717, 1.165) is 5.56 Å². The van der Waals surface area contributed by atoms with Crippen LogP contribution in [0.4, 0.5) is 10.1 Å². The number of amides is 1. The van der Waals surface area contributed by atoms with E-state index < -0.39 is 0 Å². The highest BCUT2D eigenvalue weighted by Gasteiger charge is 2.07. The molecule has 0 atom stereocenters. The van der Waals surface area contributed by atoms with Gasteiger partial charge in [-0.2, -0.15) is 0 Å². The van der Waals surface area contributed by atoms with E-state index in [1.165, 1.54) is 12.1 Å². The fourth-order valence-corrected chi connectivity index (χ4v) is 1.88. The molecule has 2 rings (SSSR count). The van der Waals surface area contributed by atoms with E-state index >= 15 is 0 Å². The molecule has 2 nitrogen and oxygen atoms in total. The normalized spacial score (nSPS) is 11.2. The summed E-state index contributed by atoms with van der Waals surface area (Å²) in [4.78, 5) is 11.9. The number of hydrogen-bond donors (Lipinski definition) is 1. The highest BCUT2D eigenvalue weighted by Crippen LogP contribution is 2.16.